The quantitative estimate of drug-likeness (QED) is 0.776. The van der Waals surface area contributed by atoms with E-state index in [4.69, 9.17) is 4.42 Å². The molecule has 0 spiro atoms. The van der Waals surface area contributed by atoms with Gasteiger partial charge in [-0.05, 0) is 44.2 Å². The molecule has 2 aromatic heterocycles. The number of nitrogens with one attached hydrogen (secondary N) is 1. The van der Waals surface area contributed by atoms with Gasteiger partial charge in [0, 0.05) is 11.6 Å². The summed E-state index contributed by atoms with van der Waals surface area (Å²) in [7, 11) is 0. The average Bonchev–Trinajstić information content (AvgIpc) is 2.91. The third-order valence-corrected chi connectivity index (χ3v) is 3.47. The number of hydrogen-bond donors (Lipinski definition) is 1. The highest BCUT2D eigenvalue weighted by molar-refractivity contribution is 5.78. The summed E-state index contributed by atoms with van der Waals surface area (Å²) in [6, 6.07) is 10.2. The summed E-state index contributed by atoms with van der Waals surface area (Å²) in [5.41, 5.74) is 3.07. The first-order chi connectivity index (χ1) is 10.3. The zero-order valence-electron chi connectivity index (χ0n) is 12.3. The largest absolute Gasteiger partial charge is 0.459 e. The Hall–Kier alpha value is -2.20. The Morgan fingerprint density at radius 3 is 2.90 bits per heavy atom. The minimum absolute atomic E-state index is 0.0411. The summed E-state index contributed by atoms with van der Waals surface area (Å²) < 4.78 is 6.01. The molecule has 0 amide bonds. The van der Waals surface area contributed by atoms with Crippen LogP contribution < -0.4 is 5.32 Å². The van der Waals surface area contributed by atoms with Crippen LogP contribution in [-0.4, -0.2) is 16.5 Å². The topological polar surface area (TPSA) is 51.0 Å². The zero-order chi connectivity index (χ0) is 14.7. The van der Waals surface area contributed by atoms with E-state index in [0.29, 0.717) is 0 Å². The number of hydrogen-bond acceptors (Lipinski definition) is 4. The van der Waals surface area contributed by atoms with Gasteiger partial charge < -0.3 is 9.73 Å². The number of fused-ring (bicyclic) bond motifs is 1. The van der Waals surface area contributed by atoms with Crippen molar-refractivity contribution in [2.75, 3.05) is 6.54 Å². The predicted molar refractivity (Wildman–Crippen MR) is 83.1 cm³/mol. The summed E-state index contributed by atoms with van der Waals surface area (Å²) in [6.45, 7) is 5.14. The van der Waals surface area contributed by atoms with Crippen LogP contribution in [0.1, 0.15) is 36.4 Å². The van der Waals surface area contributed by atoms with Crippen molar-refractivity contribution in [1.29, 1.82) is 0 Å². The van der Waals surface area contributed by atoms with Gasteiger partial charge in [0.05, 0.1) is 5.69 Å². The van der Waals surface area contributed by atoms with Gasteiger partial charge in [0.2, 0.25) is 0 Å². The van der Waals surface area contributed by atoms with Gasteiger partial charge in [-0.2, -0.15) is 0 Å². The highest BCUT2D eigenvalue weighted by Crippen LogP contribution is 2.27. The van der Waals surface area contributed by atoms with Crippen LogP contribution in [0.2, 0.25) is 0 Å². The maximum absolute atomic E-state index is 6.01. The molecule has 1 N–H and O–H groups in total. The second-order valence-corrected chi connectivity index (χ2v) is 5.21. The van der Waals surface area contributed by atoms with Crippen LogP contribution in [0.4, 0.5) is 0 Å². The highest BCUT2D eigenvalue weighted by Gasteiger charge is 2.19. The molecule has 1 unspecified atom stereocenters. The SMILES string of the molecule is CCCNC(c1ccncn1)c1cc2cc(C)ccc2o1. The lowest BCUT2D eigenvalue weighted by atomic mass is 10.1. The van der Waals surface area contributed by atoms with Gasteiger partial charge in [-0.25, -0.2) is 9.97 Å². The van der Waals surface area contributed by atoms with Gasteiger partial charge in [0.25, 0.3) is 0 Å². The molecule has 21 heavy (non-hydrogen) atoms. The number of aromatic nitrogens is 2. The summed E-state index contributed by atoms with van der Waals surface area (Å²) in [5, 5.41) is 4.62. The lowest BCUT2D eigenvalue weighted by Crippen LogP contribution is -2.23. The minimum atomic E-state index is -0.0411. The first-order valence-corrected chi connectivity index (χ1v) is 7.27. The fourth-order valence-corrected chi connectivity index (χ4v) is 2.44. The van der Waals surface area contributed by atoms with Crippen molar-refractivity contribution in [3.05, 3.63) is 59.9 Å². The molecule has 0 saturated carbocycles. The molecule has 108 valence electrons. The van der Waals surface area contributed by atoms with Gasteiger partial charge in [0.15, 0.2) is 0 Å². The number of aryl methyl sites for hydroxylation is 1. The van der Waals surface area contributed by atoms with Gasteiger partial charge in [-0.15, -0.1) is 0 Å². The molecule has 0 bridgehead atoms. The monoisotopic (exact) mass is 281 g/mol. The van der Waals surface area contributed by atoms with Gasteiger partial charge >= 0.3 is 0 Å². The molecule has 0 aliphatic heterocycles. The van der Waals surface area contributed by atoms with Crippen LogP contribution in [0, 0.1) is 6.92 Å². The number of nitrogens with zero attached hydrogens (tertiary/aromatic N) is 2. The summed E-state index contributed by atoms with van der Waals surface area (Å²) in [5.74, 6) is 0.891. The standard InChI is InChI=1S/C17H19N3O/c1-3-7-19-17(14-6-8-18-11-20-14)16-10-13-9-12(2)4-5-15(13)21-16/h4-6,8-11,17,19H,3,7H2,1-2H3. The van der Waals surface area contributed by atoms with Crippen LogP contribution in [0.3, 0.4) is 0 Å². The molecule has 0 aliphatic carbocycles. The van der Waals surface area contributed by atoms with Crippen LogP contribution in [-0.2, 0) is 0 Å². The molecule has 4 heteroatoms. The molecule has 3 rings (SSSR count). The lowest BCUT2D eigenvalue weighted by molar-refractivity contribution is 0.463. The van der Waals surface area contributed by atoms with E-state index >= 15 is 0 Å². The van der Waals surface area contributed by atoms with Crippen molar-refractivity contribution in [2.24, 2.45) is 0 Å². The van der Waals surface area contributed by atoms with Crippen LogP contribution >= 0.6 is 0 Å². The molecule has 1 atom stereocenters. The van der Waals surface area contributed by atoms with E-state index < -0.39 is 0 Å². The molecular formula is C17H19N3O. The maximum Gasteiger partial charge on any atom is 0.134 e. The second kappa shape index (κ2) is 6.06. The van der Waals surface area contributed by atoms with Crippen molar-refractivity contribution in [3.8, 4) is 0 Å². The number of benzene rings is 1. The van der Waals surface area contributed by atoms with Crippen LogP contribution in [0.5, 0.6) is 0 Å². The fraction of sp³-hybridized carbons (Fsp3) is 0.294. The van der Waals surface area contributed by atoms with E-state index in [0.717, 1.165) is 35.4 Å². The van der Waals surface area contributed by atoms with Crippen molar-refractivity contribution < 1.29 is 4.42 Å². The second-order valence-electron chi connectivity index (χ2n) is 5.21. The van der Waals surface area contributed by atoms with Crippen molar-refractivity contribution in [3.63, 3.8) is 0 Å². The Morgan fingerprint density at radius 1 is 1.24 bits per heavy atom. The number of rotatable bonds is 5. The maximum atomic E-state index is 6.01. The van der Waals surface area contributed by atoms with E-state index in [2.05, 4.69) is 47.3 Å². The molecule has 4 nitrogen and oxygen atoms in total. The van der Waals surface area contributed by atoms with Crippen molar-refractivity contribution in [2.45, 2.75) is 26.3 Å². The van der Waals surface area contributed by atoms with Gasteiger partial charge in [0.1, 0.15) is 23.7 Å². The van der Waals surface area contributed by atoms with Gasteiger partial charge in [-0.1, -0.05) is 18.6 Å². The van der Waals surface area contributed by atoms with Gasteiger partial charge in [-0.3, -0.25) is 0 Å². The Kier molecular flexibility index (Phi) is 3.97. The third kappa shape index (κ3) is 2.95. The molecule has 0 saturated heterocycles. The first-order valence-electron chi connectivity index (χ1n) is 7.27. The van der Waals surface area contributed by atoms with Crippen LogP contribution in [0.15, 0.2) is 47.3 Å². The van der Waals surface area contributed by atoms with E-state index in [1.54, 1.807) is 12.5 Å². The summed E-state index contributed by atoms with van der Waals surface area (Å²) in [4.78, 5) is 8.35. The Bertz CT molecular complexity index is 721. The highest BCUT2D eigenvalue weighted by atomic mass is 16.3. The first kappa shape index (κ1) is 13.8. The zero-order valence-corrected chi connectivity index (χ0v) is 12.3. The molecule has 0 aliphatic rings. The molecule has 1 aromatic carbocycles. The normalized spacial score (nSPS) is 12.7. The van der Waals surface area contributed by atoms with E-state index in [1.165, 1.54) is 5.56 Å². The Labute approximate surface area is 124 Å². The van der Waals surface area contributed by atoms with Crippen molar-refractivity contribution >= 4 is 11.0 Å². The average molecular weight is 281 g/mol. The minimum Gasteiger partial charge on any atom is -0.459 e. The summed E-state index contributed by atoms with van der Waals surface area (Å²) >= 11 is 0. The van der Waals surface area contributed by atoms with Crippen molar-refractivity contribution in [1.82, 2.24) is 15.3 Å². The number of furan rings is 1. The molecule has 0 fully saturated rings. The third-order valence-electron chi connectivity index (χ3n) is 3.47. The smallest absolute Gasteiger partial charge is 0.134 e. The van der Waals surface area contributed by atoms with E-state index in [1.807, 2.05) is 12.1 Å². The predicted octanol–water partition coefficient (Wildman–Crippen LogP) is 3.62. The van der Waals surface area contributed by atoms with E-state index in [-0.39, 0.29) is 6.04 Å². The molecule has 2 heterocycles. The summed E-state index contributed by atoms with van der Waals surface area (Å²) in [6.07, 6.45) is 4.39. The fourth-order valence-electron chi connectivity index (χ4n) is 2.44. The Balaban J connectivity index is 2.01. The molecule has 3 aromatic rings. The van der Waals surface area contributed by atoms with E-state index in [9.17, 15) is 0 Å². The Morgan fingerprint density at radius 2 is 2.14 bits per heavy atom. The molecular weight excluding hydrogens is 262 g/mol. The lowest BCUT2D eigenvalue weighted by Gasteiger charge is -2.15. The van der Waals surface area contributed by atoms with Crippen LogP contribution in [0.25, 0.3) is 11.0 Å². The molecule has 0 radical (unpaired) electrons.